The Morgan fingerprint density at radius 2 is 2.00 bits per heavy atom. The van der Waals surface area contributed by atoms with Crippen molar-refractivity contribution < 1.29 is 9.59 Å². The maximum atomic E-state index is 12.1. The van der Waals surface area contributed by atoms with Crippen LogP contribution in [0.1, 0.15) is 30.8 Å². The Labute approximate surface area is 147 Å². The third kappa shape index (κ3) is 4.23. The van der Waals surface area contributed by atoms with E-state index in [9.17, 15) is 9.59 Å². The Morgan fingerprint density at radius 1 is 1.24 bits per heavy atom. The Hall–Kier alpha value is -2.70. The van der Waals surface area contributed by atoms with Gasteiger partial charge in [0, 0.05) is 24.9 Å². The summed E-state index contributed by atoms with van der Waals surface area (Å²) in [5.74, 6) is 0.120. The maximum absolute atomic E-state index is 12.1. The third-order valence-corrected chi connectivity index (χ3v) is 4.23. The Kier molecular flexibility index (Phi) is 5.11. The fraction of sp³-hybridized carbons (Fsp3) is 0.444. The van der Waals surface area contributed by atoms with E-state index in [2.05, 4.69) is 15.4 Å². The molecule has 7 nitrogen and oxygen atoms in total. The zero-order valence-electron chi connectivity index (χ0n) is 14.6. The summed E-state index contributed by atoms with van der Waals surface area (Å²) in [7, 11) is 0. The van der Waals surface area contributed by atoms with Gasteiger partial charge in [0.2, 0.25) is 11.8 Å². The largest absolute Gasteiger partial charge is 0.350 e. The summed E-state index contributed by atoms with van der Waals surface area (Å²) >= 11 is 0. The highest BCUT2D eigenvalue weighted by Crippen LogP contribution is 2.16. The number of nitrogens with zero attached hydrogens (tertiary/aromatic N) is 4. The van der Waals surface area contributed by atoms with Crippen molar-refractivity contribution in [3.05, 3.63) is 47.5 Å². The van der Waals surface area contributed by atoms with Crippen LogP contribution >= 0.6 is 0 Å². The molecule has 2 aromatic heterocycles. The van der Waals surface area contributed by atoms with Gasteiger partial charge in [-0.2, -0.15) is 5.10 Å². The monoisotopic (exact) mass is 341 g/mol. The van der Waals surface area contributed by atoms with Crippen LogP contribution < -0.4 is 5.32 Å². The molecule has 3 rings (SSSR count). The molecule has 0 bridgehead atoms. The Bertz CT molecular complexity index is 754. The molecule has 0 aliphatic carbocycles. The smallest absolute Gasteiger partial charge is 0.225 e. The van der Waals surface area contributed by atoms with Gasteiger partial charge in [0.15, 0.2) is 0 Å². The molecular weight excluding hydrogens is 318 g/mol. The average Bonchev–Trinajstić information content (AvgIpc) is 3.02. The zero-order valence-corrected chi connectivity index (χ0v) is 14.6. The van der Waals surface area contributed by atoms with Crippen LogP contribution in [0.25, 0.3) is 0 Å². The van der Waals surface area contributed by atoms with Crippen molar-refractivity contribution >= 4 is 11.8 Å². The summed E-state index contributed by atoms with van der Waals surface area (Å²) in [6, 6.07) is 5.62. The van der Waals surface area contributed by atoms with E-state index in [0.717, 1.165) is 17.0 Å². The number of hydrogen-bond acceptors (Lipinski definition) is 4. The van der Waals surface area contributed by atoms with E-state index in [1.165, 1.54) is 0 Å². The molecule has 0 spiro atoms. The Morgan fingerprint density at radius 3 is 2.72 bits per heavy atom. The number of hydrogen-bond donors (Lipinski definition) is 1. The predicted molar refractivity (Wildman–Crippen MR) is 92.3 cm³/mol. The highest BCUT2D eigenvalue weighted by Gasteiger charge is 2.23. The summed E-state index contributed by atoms with van der Waals surface area (Å²) in [4.78, 5) is 30.0. The summed E-state index contributed by atoms with van der Waals surface area (Å²) < 4.78 is 1.93. The van der Waals surface area contributed by atoms with E-state index in [1.54, 1.807) is 12.4 Å². The molecule has 3 heterocycles. The fourth-order valence-corrected chi connectivity index (χ4v) is 2.90. The van der Waals surface area contributed by atoms with Crippen molar-refractivity contribution in [2.45, 2.75) is 39.9 Å². The minimum atomic E-state index is -0.0474. The molecular formula is C18H23N5O2. The Balaban J connectivity index is 1.55. The van der Waals surface area contributed by atoms with Crippen molar-refractivity contribution in [1.29, 1.82) is 0 Å². The third-order valence-electron chi connectivity index (χ3n) is 4.23. The van der Waals surface area contributed by atoms with Gasteiger partial charge in [-0.3, -0.25) is 19.3 Å². The molecule has 0 atom stereocenters. The van der Waals surface area contributed by atoms with E-state index < -0.39 is 0 Å². The molecule has 1 aliphatic rings. The van der Waals surface area contributed by atoms with Crippen LogP contribution in [0.2, 0.25) is 0 Å². The second-order valence-corrected chi connectivity index (χ2v) is 6.57. The molecule has 0 saturated carbocycles. The standard InChI is InChI=1S/C18H23N5O2/c1-13(2)18(25)22-7-8-23-16(12-22)10-15(21-23)11-20-17(24)9-14-3-5-19-6-4-14/h3-6,10,13H,7-9,11-12H2,1-2H3,(H,20,24). The second kappa shape index (κ2) is 7.46. The lowest BCUT2D eigenvalue weighted by Gasteiger charge is -2.29. The van der Waals surface area contributed by atoms with Gasteiger partial charge in [-0.05, 0) is 23.8 Å². The van der Waals surface area contributed by atoms with Crippen LogP contribution in [0.5, 0.6) is 0 Å². The number of aromatic nitrogens is 3. The number of rotatable bonds is 5. The second-order valence-electron chi connectivity index (χ2n) is 6.57. The lowest BCUT2D eigenvalue weighted by molar-refractivity contribution is -0.136. The fourth-order valence-electron chi connectivity index (χ4n) is 2.90. The number of amides is 2. The van der Waals surface area contributed by atoms with Gasteiger partial charge in [0.1, 0.15) is 0 Å². The topological polar surface area (TPSA) is 80.1 Å². The normalized spacial score (nSPS) is 13.6. The summed E-state index contributed by atoms with van der Waals surface area (Å²) in [6.45, 7) is 6.17. The molecule has 1 aliphatic heterocycles. The molecule has 0 aromatic carbocycles. The number of pyridine rings is 1. The molecule has 25 heavy (non-hydrogen) atoms. The SMILES string of the molecule is CC(C)C(=O)N1CCn2nc(CNC(=O)Cc3ccncc3)cc2C1. The first-order valence-corrected chi connectivity index (χ1v) is 8.53. The van der Waals surface area contributed by atoms with Crippen LogP contribution in [0.4, 0.5) is 0 Å². The summed E-state index contributed by atoms with van der Waals surface area (Å²) in [5.41, 5.74) is 2.76. The van der Waals surface area contributed by atoms with Crippen molar-refractivity contribution in [2.24, 2.45) is 5.92 Å². The average molecular weight is 341 g/mol. The van der Waals surface area contributed by atoms with Crippen LogP contribution in [-0.4, -0.2) is 38.0 Å². The van der Waals surface area contributed by atoms with E-state index in [1.807, 2.05) is 41.6 Å². The predicted octanol–water partition coefficient (Wildman–Crippen LogP) is 1.14. The van der Waals surface area contributed by atoms with Crippen LogP contribution in [0.15, 0.2) is 30.6 Å². The number of carbonyl (C=O) groups excluding carboxylic acids is 2. The first-order valence-electron chi connectivity index (χ1n) is 8.53. The van der Waals surface area contributed by atoms with Crippen molar-refractivity contribution in [3.63, 3.8) is 0 Å². The number of carbonyl (C=O) groups is 2. The van der Waals surface area contributed by atoms with Gasteiger partial charge >= 0.3 is 0 Å². The van der Waals surface area contributed by atoms with Crippen molar-refractivity contribution in [3.8, 4) is 0 Å². The molecule has 0 radical (unpaired) electrons. The minimum Gasteiger partial charge on any atom is -0.350 e. The van der Waals surface area contributed by atoms with Crippen molar-refractivity contribution in [1.82, 2.24) is 25.0 Å². The van der Waals surface area contributed by atoms with Crippen molar-refractivity contribution in [2.75, 3.05) is 6.54 Å². The highest BCUT2D eigenvalue weighted by molar-refractivity contribution is 5.78. The molecule has 132 valence electrons. The van der Waals surface area contributed by atoms with Gasteiger partial charge in [-0.15, -0.1) is 0 Å². The molecule has 1 N–H and O–H groups in total. The molecule has 7 heteroatoms. The number of nitrogens with one attached hydrogen (secondary N) is 1. The minimum absolute atomic E-state index is 0.00131. The van der Waals surface area contributed by atoms with Gasteiger partial charge in [-0.1, -0.05) is 13.8 Å². The molecule has 0 unspecified atom stereocenters. The van der Waals surface area contributed by atoms with E-state index in [0.29, 0.717) is 32.6 Å². The highest BCUT2D eigenvalue weighted by atomic mass is 16.2. The van der Waals surface area contributed by atoms with E-state index in [-0.39, 0.29) is 17.7 Å². The van der Waals surface area contributed by atoms with E-state index in [4.69, 9.17) is 0 Å². The van der Waals surface area contributed by atoms with Gasteiger partial charge in [-0.25, -0.2) is 0 Å². The molecule has 0 saturated heterocycles. The van der Waals surface area contributed by atoms with Crippen LogP contribution in [0.3, 0.4) is 0 Å². The summed E-state index contributed by atoms with van der Waals surface area (Å²) in [6.07, 6.45) is 3.68. The first-order chi connectivity index (χ1) is 12.0. The van der Waals surface area contributed by atoms with Gasteiger partial charge in [0.05, 0.1) is 37.4 Å². The summed E-state index contributed by atoms with van der Waals surface area (Å²) in [5, 5.41) is 7.42. The van der Waals surface area contributed by atoms with Crippen LogP contribution in [0, 0.1) is 5.92 Å². The zero-order chi connectivity index (χ0) is 17.8. The van der Waals surface area contributed by atoms with E-state index >= 15 is 0 Å². The lowest BCUT2D eigenvalue weighted by atomic mass is 10.1. The molecule has 0 fully saturated rings. The molecule has 2 aromatic rings. The first kappa shape index (κ1) is 17.1. The van der Waals surface area contributed by atoms with Gasteiger partial charge < -0.3 is 10.2 Å². The number of fused-ring (bicyclic) bond motifs is 1. The van der Waals surface area contributed by atoms with Gasteiger partial charge in [0.25, 0.3) is 0 Å². The van der Waals surface area contributed by atoms with Crippen LogP contribution in [-0.2, 0) is 35.6 Å². The quantitative estimate of drug-likeness (QED) is 0.884. The lowest BCUT2D eigenvalue weighted by Crippen LogP contribution is -2.40. The maximum Gasteiger partial charge on any atom is 0.225 e. The molecule has 2 amide bonds.